The highest BCUT2D eigenvalue weighted by Gasteiger charge is 2.25. The number of likely N-dealkylation sites (tertiary alicyclic amines) is 1. The third-order valence-electron chi connectivity index (χ3n) is 5.25. The van der Waals surface area contributed by atoms with Gasteiger partial charge in [0.25, 0.3) is 5.91 Å². The van der Waals surface area contributed by atoms with Crippen LogP contribution in [0.1, 0.15) is 36.0 Å². The molecule has 1 unspecified atom stereocenters. The van der Waals surface area contributed by atoms with Crippen molar-refractivity contribution >= 4 is 23.2 Å². The van der Waals surface area contributed by atoms with Crippen molar-refractivity contribution in [2.75, 3.05) is 38.5 Å². The minimum Gasteiger partial charge on any atom is -0.504 e. The number of piperidine rings is 1. The van der Waals surface area contributed by atoms with Gasteiger partial charge in [-0.2, -0.15) is 0 Å². The minimum atomic E-state index is -0.565. The lowest BCUT2D eigenvalue weighted by Gasteiger charge is -2.33. The Balaban J connectivity index is 1.47. The number of benzene rings is 1. The number of rotatable bonds is 5. The van der Waals surface area contributed by atoms with Gasteiger partial charge in [0, 0.05) is 19.7 Å². The maximum atomic E-state index is 12.3. The Hall–Kier alpha value is -1.70. The molecule has 2 fully saturated rings. The van der Waals surface area contributed by atoms with Crippen LogP contribution in [0.4, 0.5) is 5.69 Å². The van der Waals surface area contributed by atoms with Gasteiger partial charge in [-0.25, -0.2) is 0 Å². The Kier molecular flexibility index (Phi) is 6.11. The molecule has 8 heteroatoms. The summed E-state index contributed by atoms with van der Waals surface area (Å²) in [5.41, 5.74) is 5.32. The lowest BCUT2D eigenvalue weighted by molar-refractivity contribution is 0.0595. The second-order valence-electron chi connectivity index (χ2n) is 7.11. The number of ether oxygens (including phenoxy) is 1. The molecule has 2 aliphatic rings. The number of carbonyl (C=O) groups is 1. The maximum Gasteiger partial charge on any atom is 0.255 e. The quantitative estimate of drug-likeness (QED) is 0.457. The van der Waals surface area contributed by atoms with Gasteiger partial charge in [0.2, 0.25) is 0 Å². The monoisotopic (exact) mass is 383 g/mol. The van der Waals surface area contributed by atoms with Crippen molar-refractivity contribution in [1.82, 2.24) is 10.2 Å². The highest BCUT2D eigenvalue weighted by Crippen LogP contribution is 2.39. The number of nitrogens with two attached hydrogens (primary N) is 1. The van der Waals surface area contributed by atoms with Crippen molar-refractivity contribution in [3.05, 3.63) is 16.7 Å². The van der Waals surface area contributed by atoms with Crippen molar-refractivity contribution in [3.63, 3.8) is 0 Å². The standard InChI is InChI=1S/C18H26ClN3O4/c19-14-8-13(16(23)17(24)15(14)20)18(25)21-9-11-3-5-22(6-4-11)10-12-2-1-7-26-12/h8,11-12,23-24H,1-7,9-10,20H2,(H,21,25). The molecular weight excluding hydrogens is 358 g/mol. The molecule has 0 bridgehead atoms. The molecule has 0 saturated carbocycles. The van der Waals surface area contributed by atoms with Gasteiger partial charge in [-0.1, -0.05) is 11.6 Å². The van der Waals surface area contributed by atoms with Gasteiger partial charge >= 0.3 is 0 Å². The van der Waals surface area contributed by atoms with E-state index < -0.39 is 17.4 Å². The van der Waals surface area contributed by atoms with E-state index in [0.29, 0.717) is 18.6 Å². The van der Waals surface area contributed by atoms with Crippen molar-refractivity contribution in [3.8, 4) is 11.5 Å². The second-order valence-corrected chi connectivity index (χ2v) is 7.51. The van der Waals surface area contributed by atoms with Crippen molar-refractivity contribution in [2.45, 2.75) is 31.8 Å². The number of nitrogens with zero attached hydrogens (tertiary/aromatic N) is 1. The molecule has 2 saturated heterocycles. The molecule has 1 amide bonds. The van der Waals surface area contributed by atoms with Crippen LogP contribution in [0.15, 0.2) is 6.07 Å². The van der Waals surface area contributed by atoms with Crippen LogP contribution in [0.5, 0.6) is 11.5 Å². The van der Waals surface area contributed by atoms with Gasteiger partial charge in [-0.15, -0.1) is 0 Å². The highest BCUT2D eigenvalue weighted by molar-refractivity contribution is 6.34. The number of anilines is 1. The van der Waals surface area contributed by atoms with Crippen LogP contribution in [-0.4, -0.2) is 59.9 Å². The number of nitrogen functional groups attached to an aromatic ring is 1. The van der Waals surface area contributed by atoms with Crippen LogP contribution < -0.4 is 11.1 Å². The van der Waals surface area contributed by atoms with Crippen LogP contribution in [0, 0.1) is 5.92 Å². The van der Waals surface area contributed by atoms with E-state index in [0.717, 1.165) is 51.9 Å². The Morgan fingerprint density at radius 2 is 2.04 bits per heavy atom. The van der Waals surface area contributed by atoms with Gasteiger partial charge in [-0.3, -0.25) is 4.79 Å². The molecule has 7 nitrogen and oxygen atoms in total. The molecule has 1 aromatic rings. The van der Waals surface area contributed by atoms with Gasteiger partial charge in [0.15, 0.2) is 11.5 Å². The minimum absolute atomic E-state index is 0.0351. The first-order valence-electron chi connectivity index (χ1n) is 9.07. The molecule has 2 heterocycles. The molecule has 1 aromatic carbocycles. The zero-order valence-corrected chi connectivity index (χ0v) is 15.5. The van der Waals surface area contributed by atoms with E-state index in [1.165, 1.54) is 6.07 Å². The van der Waals surface area contributed by atoms with Crippen LogP contribution in [0.25, 0.3) is 0 Å². The van der Waals surface area contributed by atoms with E-state index in [9.17, 15) is 15.0 Å². The maximum absolute atomic E-state index is 12.3. The summed E-state index contributed by atoms with van der Waals surface area (Å²) in [4.78, 5) is 14.7. The van der Waals surface area contributed by atoms with Crippen LogP contribution in [0.2, 0.25) is 5.02 Å². The second kappa shape index (κ2) is 8.33. The summed E-state index contributed by atoms with van der Waals surface area (Å²) in [6, 6.07) is 1.27. The summed E-state index contributed by atoms with van der Waals surface area (Å²) >= 11 is 5.88. The lowest BCUT2D eigenvalue weighted by Crippen LogP contribution is -2.41. The number of carbonyl (C=O) groups excluding carboxylic acids is 1. The topological polar surface area (TPSA) is 108 Å². The van der Waals surface area contributed by atoms with Crippen molar-refractivity contribution < 1.29 is 19.7 Å². The Bertz CT molecular complexity index is 656. The van der Waals surface area contributed by atoms with Crippen LogP contribution >= 0.6 is 11.6 Å². The average Bonchev–Trinajstić information content (AvgIpc) is 3.15. The zero-order chi connectivity index (χ0) is 18.7. The molecular formula is C18H26ClN3O4. The van der Waals surface area contributed by atoms with Gasteiger partial charge in [0.1, 0.15) is 0 Å². The molecule has 3 rings (SSSR count). The molecule has 2 aliphatic heterocycles. The largest absolute Gasteiger partial charge is 0.504 e. The predicted octanol–water partition coefficient (Wildman–Crippen LogP) is 1.95. The number of hydrogen-bond donors (Lipinski definition) is 4. The smallest absolute Gasteiger partial charge is 0.255 e. The Morgan fingerprint density at radius 1 is 1.31 bits per heavy atom. The summed E-state index contributed by atoms with van der Waals surface area (Å²) < 4.78 is 5.69. The fraction of sp³-hybridized carbons (Fsp3) is 0.611. The Labute approximate surface area is 158 Å². The van der Waals surface area contributed by atoms with E-state index in [1.807, 2.05) is 0 Å². The van der Waals surface area contributed by atoms with Crippen LogP contribution in [-0.2, 0) is 4.74 Å². The van der Waals surface area contributed by atoms with Gasteiger partial charge < -0.3 is 30.9 Å². The first-order chi connectivity index (χ1) is 12.5. The number of amides is 1. The first-order valence-corrected chi connectivity index (χ1v) is 9.45. The lowest BCUT2D eigenvalue weighted by atomic mass is 9.96. The zero-order valence-electron chi connectivity index (χ0n) is 14.7. The van der Waals surface area contributed by atoms with E-state index in [4.69, 9.17) is 22.1 Å². The predicted molar refractivity (Wildman–Crippen MR) is 99.7 cm³/mol. The summed E-state index contributed by atoms with van der Waals surface area (Å²) in [7, 11) is 0. The molecule has 0 spiro atoms. The molecule has 0 aromatic heterocycles. The molecule has 144 valence electrons. The Morgan fingerprint density at radius 3 is 2.69 bits per heavy atom. The first kappa shape index (κ1) is 19.1. The average molecular weight is 384 g/mol. The molecule has 0 radical (unpaired) electrons. The third-order valence-corrected chi connectivity index (χ3v) is 5.56. The molecule has 0 aliphatic carbocycles. The number of halogens is 1. The van der Waals surface area contributed by atoms with E-state index in [2.05, 4.69) is 10.2 Å². The van der Waals surface area contributed by atoms with Crippen molar-refractivity contribution in [1.29, 1.82) is 0 Å². The van der Waals surface area contributed by atoms with Crippen molar-refractivity contribution in [2.24, 2.45) is 5.92 Å². The van der Waals surface area contributed by atoms with Gasteiger partial charge in [-0.05, 0) is 50.8 Å². The van der Waals surface area contributed by atoms with Crippen LogP contribution in [0.3, 0.4) is 0 Å². The fourth-order valence-electron chi connectivity index (χ4n) is 3.60. The summed E-state index contributed by atoms with van der Waals surface area (Å²) in [5.74, 6) is -1.19. The van der Waals surface area contributed by atoms with E-state index >= 15 is 0 Å². The number of phenols is 2. The molecule has 5 N–H and O–H groups in total. The summed E-state index contributed by atoms with van der Waals surface area (Å²) in [5, 5.41) is 22.5. The number of phenolic OH excluding ortho intramolecular Hbond substituents is 2. The van der Waals surface area contributed by atoms with Gasteiger partial charge in [0.05, 0.1) is 22.4 Å². The van der Waals surface area contributed by atoms with E-state index in [-0.39, 0.29) is 16.3 Å². The molecule has 26 heavy (non-hydrogen) atoms. The number of hydrogen-bond acceptors (Lipinski definition) is 6. The fourth-order valence-corrected chi connectivity index (χ4v) is 3.79. The highest BCUT2D eigenvalue weighted by atomic mass is 35.5. The van der Waals surface area contributed by atoms with E-state index in [1.54, 1.807) is 0 Å². The number of aromatic hydroxyl groups is 2. The normalized spacial score (nSPS) is 21.8. The third kappa shape index (κ3) is 4.34. The summed E-state index contributed by atoms with van der Waals surface area (Å²) in [6.45, 7) is 4.40. The SMILES string of the molecule is Nc1c(Cl)cc(C(=O)NCC2CCN(CC3CCCO3)CC2)c(O)c1O. The summed E-state index contributed by atoms with van der Waals surface area (Å²) in [6.07, 6.45) is 4.69. The number of nitrogens with one attached hydrogen (secondary N) is 1. The molecule has 1 atom stereocenters.